The van der Waals surface area contributed by atoms with E-state index in [0.29, 0.717) is 0 Å². The average Bonchev–Trinajstić information content (AvgIpc) is 2.36. The molecule has 0 spiro atoms. The quantitative estimate of drug-likeness (QED) is 0.350. The maximum Gasteiger partial charge on any atom is 0.370 e. The lowest BCUT2D eigenvalue weighted by atomic mass is 10.4. The van der Waals surface area contributed by atoms with Gasteiger partial charge in [-0.25, -0.2) is 4.79 Å². The molecule has 0 aromatic carbocycles. The molecular weight excluding hydrogens is 271 g/mol. The minimum absolute atomic E-state index is 0.138. The highest BCUT2D eigenvalue weighted by Crippen LogP contribution is 2.54. The molecule has 0 aliphatic rings. The SMILES string of the molecule is C=C[C@@H](C)O[C@H](C(=O)OCC)P(=O)(OCC)OCC. The maximum absolute atomic E-state index is 12.6. The third kappa shape index (κ3) is 5.87. The summed E-state index contributed by atoms with van der Waals surface area (Å²) < 4.78 is 33.0. The van der Waals surface area contributed by atoms with Gasteiger partial charge in [-0.1, -0.05) is 6.08 Å². The zero-order valence-corrected chi connectivity index (χ0v) is 12.9. The summed E-state index contributed by atoms with van der Waals surface area (Å²) in [5.41, 5.74) is 0. The summed E-state index contributed by atoms with van der Waals surface area (Å²) >= 11 is 0. The Morgan fingerprint density at radius 1 is 1.21 bits per heavy atom. The Morgan fingerprint density at radius 3 is 2.11 bits per heavy atom. The Hall–Kier alpha value is -0.680. The van der Waals surface area contributed by atoms with Crippen LogP contribution in [0.4, 0.5) is 0 Å². The molecule has 0 saturated carbocycles. The Labute approximate surface area is 114 Å². The molecule has 19 heavy (non-hydrogen) atoms. The number of carbonyl (C=O) groups is 1. The lowest BCUT2D eigenvalue weighted by Gasteiger charge is -2.26. The van der Waals surface area contributed by atoms with E-state index in [1.807, 2.05) is 0 Å². The molecule has 6 nitrogen and oxygen atoms in total. The van der Waals surface area contributed by atoms with E-state index in [-0.39, 0.29) is 19.8 Å². The zero-order chi connectivity index (χ0) is 14.9. The van der Waals surface area contributed by atoms with Gasteiger partial charge in [0, 0.05) is 0 Å². The van der Waals surface area contributed by atoms with E-state index in [0.717, 1.165) is 0 Å². The Morgan fingerprint density at radius 2 is 1.74 bits per heavy atom. The first-order valence-electron chi connectivity index (χ1n) is 6.28. The molecule has 2 atom stereocenters. The molecule has 112 valence electrons. The molecule has 7 heteroatoms. The number of hydrogen-bond acceptors (Lipinski definition) is 6. The van der Waals surface area contributed by atoms with Gasteiger partial charge in [-0.2, -0.15) is 0 Å². The molecule has 0 amide bonds. The number of ether oxygens (including phenoxy) is 2. The van der Waals surface area contributed by atoms with Crippen LogP contribution in [0.15, 0.2) is 12.7 Å². The monoisotopic (exact) mass is 294 g/mol. The van der Waals surface area contributed by atoms with Gasteiger partial charge < -0.3 is 18.5 Å². The molecule has 0 rings (SSSR count). The highest BCUT2D eigenvalue weighted by molar-refractivity contribution is 7.55. The number of rotatable bonds is 10. The predicted octanol–water partition coefficient (Wildman–Crippen LogP) is 2.73. The van der Waals surface area contributed by atoms with Gasteiger partial charge in [0.15, 0.2) is 0 Å². The molecule has 0 aromatic rings. The number of esters is 1. The molecule has 0 saturated heterocycles. The average molecular weight is 294 g/mol. The van der Waals surface area contributed by atoms with Crippen LogP contribution in [0.1, 0.15) is 27.7 Å². The predicted molar refractivity (Wildman–Crippen MR) is 72.0 cm³/mol. The largest absolute Gasteiger partial charge is 0.464 e. The minimum Gasteiger partial charge on any atom is -0.464 e. The van der Waals surface area contributed by atoms with Crippen LogP contribution < -0.4 is 0 Å². The fraction of sp³-hybridized carbons (Fsp3) is 0.750. The van der Waals surface area contributed by atoms with Crippen molar-refractivity contribution in [3.05, 3.63) is 12.7 Å². The van der Waals surface area contributed by atoms with Crippen molar-refractivity contribution in [2.45, 2.75) is 39.6 Å². The Bertz CT molecular complexity index is 320. The summed E-state index contributed by atoms with van der Waals surface area (Å²) in [6.07, 6.45) is 0.998. The third-order valence-electron chi connectivity index (χ3n) is 2.07. The standard InChI is InChI=1S/C12H23O6P/c1-6-10(5)18-12(11(13)15-7-2)19(14,16-8-3)17-9-4/h6,10,12H,1,7-9H2,2-5H3/t10-,12+/m1/s1. The van der Waals surface area contributed by atoms with Crippen molar-refractivity contribution in [1.29, 1.82) is 0 Å². The molecule has 0 heterocycles. The van der Waals surface area contributed by atoms with Gasteiger partial charge in [-0.3, -0.25) is 4.57 Å². The summed E-state index contributed by atoms with van der Waals surface area (Å²) in [7, 11) is -3.73. The molecule has 0 unspecified atom stereocenters. The molecule has 0 bridgehead atoms. The van der Waals surface area contributed by atoms with Crippen molar-refractivity contribution >= 4 is 13.6 Å². The fourth-order valence-electron chi connectivity index (χ4n) is 1.26. The summed E-state index contributed by atoms with van der Waals surface area (Å²) in [6, 6.07) is 0. The van der Waals surface area contributed by atoms with Gasteiger partial charge in [0.2, 0.25) is 0 Å². The van der Waals surface area contributed by atoms with Gasteiger partial charge in [-0.05, 0) is 27.7 Å². The van der Waals surface area contributed by atoms with Gasteiger partial charge in [0.25, 0.3) is 5.85 Å². The van der Waals surface area contributed by atoms with Crippen molar-refractivity contribution in [2.75, 3.05) is 19.8 Å². The van der Waals surface area contributed by atoms with E-state index in [1.54, 1.807) is 27.7 Å². The van der Waals surface area contributed by atoms with Crippen LogP contribution in [0.3, 0.4) is 0 Å². The summed E-state index contributed by atoms with van der Waals surface area (Å²) in [4.78, 5) is 11.9. The molecule has 0 aromatic heterocycles. The van der Waals surface area contributed by atoms with Crippen LogP contribution in [0.2, 0.25) is 0 Å². The van der Waals surface area contributed by atoms with E-state index >= 15 is 0 Å². The van der Waals surface area contributed by atoms with Gasteiger partial charge >= 0.3 is 13.6 Å². The molecular formula is C12H23O6P. The molecule has 0 N–H and O–H groups in total. The second kappa shape index (κ2) is 9.26. The van der Waals surface area contributed by atoms with Gasteiger partial charge in [0.1, 0.15) is 0 Å². The van der Waals surface area contributed by atoms with E-state index in [4.69, 9.17) is 18.5 Å². The topological polar surface area (TPSA) is 71.1 Å². The van der Waals surface area contributed by atoms with E-state index in [1.165, 1.54) is 6.08 Å². The molecule has 0 aliphatic heterocycles. The Kier molecular flexibility index (Phi) is 8.93. The van der Waals surface area contributed by atoms with Crippen LogP contribution in [-0.2, 0) is 27.9 Å². The van der Waals surface area contributed by atoms with Crippen molar-refractivity contribution < 1.29 is 27.9 Å². The lowest BCUT2D eigenvalue weighted by molar-refractivity contribution is -0.153. The summed E-state index contributed by atoms with van der Waals surface area (Å²) in [5.74, 6) is -2.17. The van der Waals surface area contributed by atoms with Crippen LogP contribution >= 0.6 is 7.60 Å². The third-order valence-corrected chi connectivity index (χ3v) is 4.21. The number of carbonyl (C=O) groups excluding carboxylic acids is 1. The Balaban J connectivity index is 5.19. The second-order valence-corrected chi connectivity index (χ2v) is 5.62. The van der Waals surface area contributed by atoms with Crippen molar-refractivity contribution in [3.63, 3.8) is 0 Å². The normalized spacial score (nSPS) is 14.7. The van der Waals surface area contributed by atoms with E-state index < -0.39 is 25.5 Å². The molecule has 0 fully saturated rings. The fourth-order valence-corrected chi connectivity index (χ4v) is 3.00. The van der Waals surface area contributed by atoms with Crippen LogP contribution in [0, 0.1) is 0 Å². The second-order valence-electron chi connectivity index (χ2n) is 3.56. The summed E-state index contributed by atoms with van der Waals surface area (Å²) in [5, 5.41) is 0. The van der Waals surface area contributed by atoms with Crippen LogP contribution in [0.25, 0.3) is 0 Å². The minimum atomic E-state index is -3.73. The highest BCUT2D eigenvalue weighted by atomic mass is 31.2. The van der Waals surface area contributed by atoms with E-state index in [9.17, 15) is 9.36 Å². The smallest absolute Gasteiger partial charge is 0.370 e. The van der Waals surface area contributed by atoms with Crippen molar-refractivity contribution in [2.24, 2.45) is 0 Å². The van der Waals surface area contributed by atoms with Crippen LogP contribution in [-0.4, -0.2) is 37.7 Å². The number of hydrogen-bond donors (Lipinski definition) is 0. The maximum atomic E-state index is 12.6. The summed E-state index contributed by atoms with van der Waals surface area (Å²) in [6.45, 7) is 10.6. The van der Waals surface area contributed by atoms with Crippen molar-refractivity contribution in [3.8, 4) is 0 Å². The first-order chi connectivity index (χ1) is 8.95. The van der Waals surface area contributed by atoms with E-state index in [2.05, 4.69) is 6.58 Å². The lowest BCUT2D eigenvalue weighted by Crippen LogP contribution is -2.31. The van der Waals surface area contributed by atoms with Crippen molar-refractivity contribution in [1.82, 2.24) is 0 Å². The van der Waals surface area contributed by atoms with Gasteiger partial charge in [0.05, 0.1) is 25.9 Å². The highest BCUT2D eigenvalue weighted by Gasteiger charge is 2.44. The first-order valence-corrected chi connectivity index (χ1v) is 7.89. The first kappa shape index (κ1) is 18.3. The van der Waals surface area contributed by atoms with Gasteiger partial charge in [-0.15, -0.1) is 6.58 Å². The molecule has 0 radical (unpaired) electrons. The zero-order valence-electron chi connectivity index (χ0n) is 12.0. The molecule has 0 aliphatic carbocycles. The van der Waals surface area contributed by atoms with Crippen LogP contribution in [0.5, 0.6) is 0 Å².